The molecule has 3 nitrogen and oxygen atoms in total. The third-order valence-electron chi connectivity index (χ3n) is 3.80. The number of rotatable bonds is 6. The number of hydrogen-bond acceptors (Lipinski definition) is 3. The summed E-state index contributed by atoms with van der Waals surface area (Å²) < 4.78 is 0. The number of aliphatic carboxylic acids is 1. The minimum absolute atomic E-state index is 0.0556. The van der Waals surface area contributed by atoms with Gasteiger partial charge in [0.2, 0.25) is 0 Å². The van der Waals surface area contributed by atoms with Crippen LogP contribution in [0.2, 0.25) is 0 Å². The summed E-state index contributed by atoms with van der Waals surface area (Å²) in [6.07, 6.45) is 2.64. The SMILES string of the molecule is CC(NC(CC(=O)O)c1cccs1)C1(C)CC1. The first-order valence-electron chi connectivity index (χ1n) is 6.02. The number of carboxylic acids is 1. The van der Waals surface area contributed by atoms with Gasteiger partial charge in [-0.2, -0.15) is 0 Å². The van der Waals surface area contributed by atoms with E-state index in [0.717, 1.165) is 4.88 Å². The van der Waals surface area contributed by atoms with Gasteiger partial charge in [0.15, 0.2) is 0 Å². The molecule has 4 heteroatoms. The van der Waals surface area contributed by atoms with Crippen molar-refractivity contribution in [2.75, 3.05) is 0 Å². The van der Waals surface area contributed by atoms with Crippen LogP contribution in [-0.2, 0) is 4.79 Å². The Balaban J connectivity index is 2.03. The molecule has 0 aromatic carbocycles. The largest absolute Gasteiger partial charge is 0.481 e. The average Bonchev–Trinajstić information content (AvgIpc) is 2.82. The molecule has 17 heavy (non-hydrogen) atoms. The van der Waals surface area contributed by atoms with Crippen molar-refractivity contribution in [1.82, 2.24) is 5.32 Å². The van der Waals surface area contributed by atoms with Crippen LogP contribution >= 0.6 is 11.3 Å². The predicted molar refractivity (Wildman–Crippen MR) is 69.3 cm³/mol. The first-order chi connectivity index (χ1) is 8.01. The fourth-order valence-corrected chi connectivity index (χ4v) is 2.83. The number of carboxylic acid groups (broad SMARTS) is 1. The van der Waals surface area contributed by atoms with Crippen LogP contribution in [0.1, 0.15) is 44.0 Å². The zero-order chi connectivity index (χ0) is 12.5. The molecule has 0 spiro atoms. The van der Waals surface area contributed by atoms with Crippen LogP contribution in [-0.4, -0.2) is 17.1 Å². The topological polar surface area (TPSA) is 49.3 Å². The summed E-state index contributed by atoms with van der Waals surface area (Å²) in [7, 11) is 0. The van der Waals surface area contributed by atoms with Gasteiger partial charge >= 0.3 is 5.97 Å². The fraction of sp³-hybridized carbons (Fsp3) is 0.615. The Kier molecular flexibility index (Phi) is 3.54. The molecule has 2 unspecified atom stereocenters. The van der Waals surface area contributed by atoms with Crippen molar-refractivity contribution in [3.05, 3.63) is 22.4 Å². The first-order valence-corrected chi connectivity index (χ1v) is 6.90. The molecule has 2 N–H and O–H groups in total. The Morgan fingerprint density at radius 3 is 2.82 bits per heavy atom. The Bertz CT molecular complexity index is 384. The van der Waals surface area contributed by atoms with Crippen LogP contribution < -0.4 is 5.32 Å². The van der Waals surface area contributed by atoms with E-state index >= 15 is 0 Å². The van der Waals surface area contributed by atoms with Gasteiger partial charge in [0.25, 0.3) is 0 Å². The third-order valence-corrected chi connectivity index (χ3v) is 4.79. The van der Waals surface area contributed by atoms with E-state index in [2.05, 4.69) is 19.2 Å². The van der Waals surface area contributed by atoms with E-state index in [1.54, 1.807) is 11.3 Å². The monoisotopic (exact) mass is 253 g/mol. The van der Waals surface area contributed by atoms with Crippen molar-refractivity contribution in [3.63, 3.8) is 0 Å². The summed E-state index contributed by atoms with van der Waals surface area (Å²) in [5.74, 6) is -0.746. The highest BCUT2D eigenvalue weighted by molar-refractivity contribution is 7.10. The molecule has 0 aliphatic heterocycles. The van der Waals surface area contributed by atoms with E-state index in [0.29, 0.717) is 11.5 Å². The Morgan fingerprint density at radius 2 is 2.35 bits per heavy atom. The van der Waals surface area contributed by atoms with Gasteiger partial charge in [0.05, 0.1) is 12.5 Å². The van der Waals surface area contributed by atoms with Gasteiger partial charge in [-0.15, -0.1) is 11.3 Å². The van der Waals surface area contributed by atoms with E-state index in [4.69, 9.17) is 5.11 Å². The van der Waals surface area contributed by atoms with Crippen molar-refractivity contribution >= 4 is 17.3 Å². The van der Waals surface area contributed by atoms with Crippen molar-refractivity contribution in [2.24, 2.45) is 5.41 Å². The molecular formula is C13H19NO2S. The van der Waals surface area contributed by atoms with Gasteiger partial charge in [-0.3, -0.25) is 4.79 Å². The Labute approximate surface area is 106 Å². The zero-order valence-corrected chi connectivity index (χ0v) is 11.1. The summed E-state index contributed by atoms with van der Waals surface area (Å²) >= 11 is 1.62. The molecule has 2 atom stereocenters. The smallest absolute Gasteiger partial charge is 0.305 e. The molecule has 0 radical (unpaired) electrons. The molecule has 1 aliphatic carbocycles. The van der Waals surface area contributed by atoms with Crippen molar-refractivity contribution in [1.29, 1.82) is 0 Å². The lowest BCUT2D eigenvalue weighted by Crippen LogP contribution is -2.37. The molecule has 0 bridgehead atoms. The van der Waals surface area contributed by atoms with Crippen LogP contribution in [0.25, 0.3) is 0 Å². The maximum absolute atomic E-state index is 10.9. The maximum atomic E-state index is 10.9. The number of thiophene rings is 1. The fourth-order valence-electron chi connectivity index (χ4n) is 2.04. The molecule has 94 valence electrons. The van der Waals surface area contributed by atoms with Gasteiger partial charge < -0.3 is 10.4 Å². The second-order valence-corrected chi connectivity index (χ2v) is 6.19. The lowest BCUT2D eigenvalue weighted by atomic mass is 9.99. The number of carbonyl (C=O) groups is 1. The van der Waals surface area contributed by atoms with Crippen molar-refractivity contribution < 1.29 is 9.90 Å². The van der Waals surface area contributed by atoms with E-state index in [-0.39, 0.29) is 12.5 Å². The summed E-state index contributed by atoms with van der Waals surface area (Å²) in [6.45, 7) is 4.42. The highest BCUT2D eigenvalue weighted by Crippen LogP contribution is 2.48. The number of nitrogens with one attached hydrogen (secondary N) is 1. The molecule has 1 fully saturated rings. The molecule has 0 amide bonds. The van der Waals surface area contributed by atoms with Crippen LogP contribution in [0, 0.1) is 5.41 Å². The quantitative estimate of drug-likeness (QED) is 0.819. The van der Waals surface area contributed by atoms with Gasteiger partial charge in [0.1, 0.15) is 0 Å². The standard InChI is InChI=1S/C13H19NO2S/c1-9(13(2)5-6-13)14-10(8-12(15)16)11-4-3-7-17-11/h3-4,7,9-10,14H,5-6,8H2,1-2H3,(H,15,16). The maximum Gasteiger partial charge on any atom is 0.305 e. The summed E-state index contributed by atoms with van der Waals surface area (Å²) in [4.78, 5) is 12.0. The zero-order valence-electron chi connectivity index (χ0n) is 10.3. The average molecular weight is 253 g/mol. The second-order valence-electron chi connectivity index (χ2n) is 5.21. The van der Waals surface area contributed by atoms with E-state index < -0.39 is 5.97 Å². The number of hydrogen-bond donors (Lipinski definition) is 2. The van der Waals surface area contributed by atoms with Crippen LogP contribution in [0.5, 0.6) is 0 Å². The molecule has 0 saturated heterocycles. The minimum atomic E-state index is -0.746. The van der Waals surface area contributed by atoms with E-state index in [1.165, 1.54) is 12.8 Å². The molecule has 1 heterocycles. The van der Waals surface area contributed by atoms with Crippen LogP contribution in [0.3, 0.4) is 0 Å². The van der Waals surface area contributed by atoms with Gasteiger partial charge in [-0.25, -0.2) is 0 Å². The highest BCUT2D eigenvalue weighted by Gasteiger charge is 2.43. The summed E-state index contributed by atoms with van der Waals surface area (Å²) in [5, 5.41) is 14.5. The van der Waals surface area contributed by atoms with E-state index in [9.17, 15) is 4.79 Å². The molecule has 1 aliphatic rings. The van der Waals surface area contributed by atoms with Gasteiger partial charge in [-0.05, 0) is 36.6 Å². The first kappa shape index (κ1) is 12.6. The molecular weight excluding hydrogens is 234 g/mol. The van der Waals surface area contributed by atoms with Crippen LogP contribution in [0.15, 0.2) is 17.5 Å². The van der Waals surface area contributed by atoms with Gasteiger partial charge in [0, 0.05) is 10.9 Å². The molecule has 1 saturated carbocycles. The highest BCUT2D eigenvalue weighted by atomic mass is 32.1. The normalized spacial score (nSPS) is 20.8. The van der Waals surface area contributed by atoms with Crippen molar-refractivity contribution in [2.45, 2.75) is 45.2 Å². The van der Waals surface area contributed by atoms with Crippen LogP contribution in [0.4, 0.5) is 0 Å². The predicted octanol–water partition coefficient (Wildman–Crippen LogP) is 3.04. The molecule has 1 aromatic rings. The Morgan fingerprint density at radius 1 is 1.65 bits per heavy atom. The Hall–Kier alpha value is -0.870. The molecule has 1 aromatic heterocycles. The van der Waals surface area contributed by atoms with Gasteiger partial charge in [-0.1, -0.05) is 13.0 Å². The minimum Gasteiger partial charge on any atom is -0.481 e. The second kappa shape index (κ2) is 4.78. The summed E-state index contributed by atoms with van der Waals surface area (Å²) in [5.41, 5.74) is 0.369. The lowest BCUT2D eigenvalue weighted by molar-refractivity contribution is -0.137. The van der Waals surface area contributed by atoms with Crippen molar-refractivity contribution in [3.8, 4) is 0 Å². The lowest BCUT2D eigenvalue weighted by Gasteiger charge is -2.26. The molecule has 2 rings (SSSR count). The van der Waals surface area contributed by atoms with E-state index in [1.807, 2.05) is 17.5 Å². The third kappa shape index (κ3) is 3.07. The summed E-state index contributed by atoms with van der Waals surface area (Å²) in [6, 6.07) is 4.29.